The minimum atomic E-state index is -0.455. The molecule has 0 aliphatic carbocycles. The molecule has 0 spiro atoms. The average Bonchev–Trinajstić information content (AvgIpc) is 2.03. The van der Waals surface area contributed by atoms with Crippen LogP contribution in [-0.4, -0.2) is 28.2 Å². The molecule has 3 nitrogen and oxygen atoms in total. The van der Waals surface area contributed by atoms with Gasteiger partial charge in [-0.15, -0.1) is 0 Å². The van der Waals surface area contributed by atoms with Crippen LogP contribution in [0.1, 0.15) is 20.8 Å². The molecular weight excluding hydrogens is 164 g/mol. The zero-order valence-electron chi connectivity index (χ0n) is 6.89. The van der Waals surface area contributed by atoms with Crippen LogP contribution >= 0.6 is 11.6 Å². The van der Waals surface area contributed by atoms with E-state index >= 15 is 0 Å². The van der Waals surface area contributed by atoms with Gasteiger partial charge in [0.05, 0.1) is 0 Å². The van der Waals surface area contributed by atoms with Gasteiger partial charge in [-0.3, -0.25) is 4.79 Å². The van der Waals surface area contributed by atoms with Gasteiger partial charge in [-0.25, -0.2) is 4.99 Å². The Morgan fingerprint density at radius 1 is 1.64 bits per heavy atom. The van der Waals surface area contributed by atoms with E-state index in [1.54, 1.807) is 4.90 Å². The van der Waals surface area contributed by atoms with E-state index in [2.05, 4.69) is 4.99 Å². The van der Waals surface area contributed by atoms with Crippen LogP contribution in [0.4, 0.5) is 0 Å². The average molecular weight is 175 g/mol. The van der Waals surface area contributed by atoms with Crippen LogP contribution in [0.2, 0.25) is 0 Å². The van der Waals surface area contributed by atoms with E-state index in [-0.39, 0.29) is 11.1 Å². The second-order valence-corrected chi connectivity index (χ2v) is 3.30. The van der Waals surface area contributed by atoms with E-state index < -0.39 is 5.66 Å². The van der Waals surface area contributed by atoms with Crippen LogP contribution < -0.4 is 0 Å². The fraction of sp³-hybridized carbons (Fsp3) is 0.714. The van der Waals surface area contributed by atoms with Crippen molar-refractivity contribution in [1.82, 2.24) is 4.90 Å². The van der Waals surface area contributed by atoms with Gasteiger partial charge in [0.15, 0.2) is 5.17 Å². The van der Waals surface area contributed by atoms with Crippen molar-refractivity contribution in [3.63, 3.8) is 0 Å². The van der Waals surface area contributed by atoms with Crippen LogP contribution in [0, 0.1) is 0 Å². The van der Waals surface area contributed by atoms with Gasteiger partial charge in [-0.05, 0) is 20.8 Å². The van der Waals surface area contributed by atoms with Crippen molar-refractivity contribution in [3.05, 3.63) is 0 Å². The Balaban J connectivity index is 2.94. The van der Waals surface area contributed by atoms with E-state index in [0.29, 0.717) is 6.54 Å². The number of aliphatic imine (C=N–C) groups is 1. The number of hydrogen-bond acceptors (Lipinski definition) is 2. The van der Waals surface area contributed by atoms with Gasteiger partial charge < -0.3 is 4.90 Å². The van der Waals surface area contributed by atoms with Crippen molar-refractivity contribution in [2.75, 3.05) is 6.54 Å². The molecule has 4 heteroatoms. The number of nitrogens with zero attached hydrogens (tertiary/aromatic N) is 2. The Labute approximate surface area is 71.0 Å². The summed E-state index contributed by atoms with van der Waals surface area (Å²) < 4.78 is 0. The Bertz CT molecular complexity index is 222. The highest BCUT2D eigenvalue weighted by Crippen LogP contribution is 2.23. The molecule has 1 rings (SSSR count). The Hall–Kier alpha value is -0.570. The van der Waals surface area contributed by atoms with E-state index in [1.165, 1.54) is 0 Å². The summed E-state index contributed by atoms with van der Waals surface area (Å²) >= 11 is 5.58. The lowest BCUT2D eigenvalue weighted by molar-refractivity contribution is -0.126. The van der Waals surface area contributed by atoms with E-state index in [4.69, 9.17) is 11.6 Å². The van der Waals surface area contributed by atoms with Crippen molar-refractivity contribution < 1.29 is 4.79 Å². The number of rotatable bonds is 1. The first-order chi connectivity index (χ1) is 4.99. The maximum absolute atomic E-state index is 11.2. The second-order valence-electron chi connectivity index (χ2n) is 2.95. The first-order valence-electron chi connectivity index (χ1n) is 3.56. The van der Waals surface area contributed by atoms with Crippen molar-refractivity contribution in [3.8, 4) is 0 Å². The summed E-state index contributed by atoms with van der Waals surface area (Å²) in [4.78, 5) is 16.9. The fourth-order valence-corrected chi connectivity index (χ4v) is 1.55. The number of halogens is 1. The first-order valence-corrected chi connectivity index (χ1v) is 3.94. The van der Waals surface area contributed by atoms with Gasteiger partial charge in [0.2, 0.25) is 0 Å². The van der Waals surface area contributed by atoms with Gasteiger partial charge in [0.25, 0.3) is 5.91 Å². The van der Waals surface area contributed by atoms with E-state index in [0.717, 1.165) is 0 Å². The maximum Gasteiger partial charge on any atom is 0.285 e. The largest absolute Gasteiger partial charge is 0.312 e. The molecule has 0 saturated carbocycles. The van der Waals surface area contributed by atoms with E-state index in [9.17, 15) is 4.79 Å². The molecule has 0 fully saturated rings. The molecule has 1 amide bonds. The molecule has 0 atom stereocenters. The summed E-state index contributed by atoms with van der Waals surface area (Å²) in [7, 11) is 0. The number of carbonyl (C=O) groups excluding carboxylic acids is 1. The second kappa shape index (κ2) is 2.48. The molecule has 0 radical (unpaired) electrons. The molecule has 0 aromatic rings. The third-order valence-electron chi connectivity index (χ3n) is 1.77. The highest BCUT2D eigenvalue weighted by Gasteiger charge is 2.37. The summed E-state index contributed by atoms with van der Waals surface area (Å²) in [5.74, 6) is -0.167. The Kier molecular flexibility index (Phi) is 1.92. The van der Waals surface area contributed by atoms with Gasteiger partial charge in [0, 0.05) is 6.54 Å². The van der Waals surface area contributed by atoms with Gasteiger partial charge in [0.1, 0.15) is 5.66 Å². The van der Waals surface area contributed by atoms with Crippen molar-refractivity contribution >= 4 is 22.7 Å². The molecular formula is C7H11ClN2O. The summed E-state index contributed by atoms with van der Waals surface area (Å²) in [5.41, 5.74) is -0.455. The SMILES string of the molecule is CCN1C(=O)C(Cl)=NC1(C)C. The van der Waals surface area contributed by atoms with Gasteiger partial charge >= 0.3 is 0 Å². The predicted molar refractivity (Wildman–Crippen MR) is 44.8 cm³/mol. The summed E-state index contributed by atoms with van der Waals surface area (Å²) in [6, 6.07) is 0. The van der Waals surface area contributed by atoms with Crippen molar-refractivity contribution in [2.45, 2.75) is 26.4 Å². The van der Waals surface area contributed by atoms with Gasteiger partial charge in [-0.2, -0.15) is 0 Å². The molecule has 1 aliphatic heterocycles. The topological polar surface area (TPSA) is 32.7 Å². The fourth-order valence-electron chi connectivity index (χ4n) is 1.24. The summed E-state index contributed by atoms with van der Waals surface area (Å²) in [5, 5.41) is 0.0943. The normalized spacial score (nSPS) is 22.4. The minimum absolute atomic E-state index is 0.0943. The Morgan fingerprint density at radius 2 is 2.18 bits per heavy atom. The smallest absolute Gasteiger partial charge is 0.285 e. The number of amides is 1. The van der Waals surface area contributed by atoms with E-state index in [1.807, 2.05) is 20.8 Å². The standard InChI is InChI=1S/C7H11ClN2O/c1-4-10-6(11)5(8)9-7(10,2)3/h4H2,1-3H3. The molecule has 62 valence electrons. The predicted octanol–water partition coefficient (Wildman–Crippen LogP) is 1.22. The summed E-state index contributed by atoms with van der Waals surface area (Å²) in [6.45, 7) is 6.28. The number of hydrogen-bond donors (Lipinski definition) is 0. The molecule has 1 aliphatic rings. The van der Waals surface area contributed by atoms with Crippen molar-refractivity contribution in [2.24, 2.45) is 4.99 Å². The molecule has 0 unspecified atom stereocenters. The highest BCUT2D eigenvalue weighted by atomic mass is 35.5. The molecule has 11 heavy (non-hydrogen) atoms. The number of carbonyl (C=O) groups is 1. The van der Waals surface area contributed by atoms with Crippen LogP contribution in [0.3, 0.4) is 0 Å². The third-order valence-corrected chi connectivity index (χ3v) is 2.02. The van der Waals surface area contributed by atoms with Crippen molar-refractivity contribution in [1.29, 1.82) is 0 Å². The zero-order valence-corrected chi connectivity index (χ0v) is 7.64. The lowest BCUT2D eigenvalue weighted by atomic mass is 10.2. The highest BCUT2D eigenvalue weighted by molar-refractivity contribution is 6.83. The molecule has 0 bridgehead atoms. The Morgan fingerprint density at radius 3 is 2.36 bits per heavy atom. The van der Waals surface area contributed by atoms with Crippen LogP contribution in [0.25, 0.3) is 0 Å². The first kappa shape index (κ1) is 8.53. The van der Waals surface area contributed by atoms with Crippen LogP contribution in [0.15, 0.2) is 4.99 Å². The maximum atomic E-state index is 11.2. The third kappa shape index (κ3) is 1.25. The lowest BCUT2D eigenvalue weighted by Crippen LogP contribution is -2.41. The zero-order chi connectivity index (χ0) is 8.65. The lowest BCUT2D eigenvalue weighted by Gasteiger charge is -2.27. The molecule has 0 aromatic carbocycles. The molecule has 1 heterocycles. The molecule has 0 aromatic heterocycles. The quantitative estimate of drug-likeness (QED) is 0.589. The monoisotopic (exact) mass is 174 g/mol. The molecule has 0 N–H and O–H groups in total. The van der Waals surface area contributed by atoms with Crippen LogP contribution in [-0.2, 0) is 4.79 Å². The summed E-state index contributed by atoms with van der Waals surface area (Å²) in [6.07, 6.45) is 0. The van der Waals surface area contributed by atoms with Gasteiger partial charge in [-0.1, -0.05) is 11.6 Å². The minimum Gasteiger partial charge on any atom is -0.312 e. The molecule has 0 saturated heterocycles. The van der Waals surface area contributed by atoms with Crippen LogP contribution in [0.5, 0.6) is 0 Å².